The van der Waals surface area contributed by atoms with Crippen LogP contribution in [0.25, 0.3) is 0 Å². The molecule has 2 aromatic rings. The lowest BCUT2D eigenvalue weighted by Crippen LogP contribution is -2.37. The Bertz CT molecular complexity index is 867. The van der Waals surface area contributed by atoms with E-state index in [9.17, 15) is 0 Å². The van der Waals surface area contributed by atoms with Gasteiger partial charge in [-0.3, -0.25) is 9.89 Å². The fourth-order valence-corrected chi connectivity index (χ4v) is 3.75. The van der Waals surface area contributed by atoms with Crippen LogP contribution in [0.15, 0.2) is 53.5 Å². The lowest BCUT2D eigenvalue weighted by atomic mass is 10.1. The summed E-state index contributed by atoms with van der Waals surface area (Å²) in [5, 5.41) is 6.90. The molecule has 4 rings (SSSR count). The van der Waals surface area contributed by atoms with Crippen molar-refractivity contribution in [2.24, 2.45) is 10.9 Å². The number of ether oxygens (including phenoxy) is 2. The first-order chi connectivity index (χ1) is 15.3. The summed E-state index contributed by atoms with van der Waals surface area (Å²) in [6.07, 6.45) is 2.59. The van der Waals surface area contributed by atoms with Crippen LogP contribution in [0.3, 0.4) is 0 Å². The van der Waals surface area contributed by atoms with Gasteiger partial charge in [0, 0.05) is 45.3 Å². The quantitative estimate of drug-likeness (QED) is 0.283. The molecule has 2 fully saturated rings. The average Bonchev–Trinajstić information content (AvgIpc) is 3.65. The smallest absolute Gasteiger partial charge is 0.191 e. The van der Waals surface area contributed by atoms with Crippen molar-refractivity contribution in [3.8, 4) is 5.75 Å². The Hall–Kier alpha value is -1.84. The molecule has 1 heterocycles. The number of benzene rings is 2. The molecule has 1 aliphatic carbocycles. The predicted molar refractivity (Wildman–Crippen MR) is 140 cm³/mol. The maximum atomic E-state index is 6.03. The maximum absolute atomic E-state index is 6.03. The zero-order valence-electron chi connectivity index (χ0n) is 18.9. The van der Waals surface area contributed by atoms with Gasteiger partial charge in [-0.25, -0.2) is 0 Å². The topological polar surface area (TPSA) is 58.1 Å². The molecule has 2 aromatic carbocycles. The van der Waals surface area contributed by atoms with Crippen LogP contribution in [0.5, 0.6) is 5.75 Å². The van der Waals surface area contributed by atoms with Gasteiger partial charge in [0.1, 0.15) is 5.75 Å². The summed E-state index contributed by atoms with van der Waals surface area (Å²) in [5.74, 6) is 2.50. The second-order valence-corrected chi connectivity index (χ2v) is 8.30. The third-order valence-corrected chi connectivity index (χ3v) is 5.88. The van der Waals surface area contributed by atoms with Crippen LogP contribution in [-0.2, 0) is 24.4 Å². The average molecular weight is 550 g/mol. The van der Waals surface area contributed by atoms with E-state index in [1.54, 1.807) is 0 Å². The number of aliphatic imine (C=N–C) groups is 1. The van der Waals surface area contributed by atoms with Gasteiger partial charge in [-0.1, -0.05) is 42.5 Å². The Labute approximate surface area is 208 Å². The van der Waals surface area contributed by atoms with Gasteiger partial charge in [-0.2, -0.15) is 0 Å². The van der Waals surface area contributed by atoms with Crippen LogP contribution < -0.4 is 15.4 Å². The first-order valence-corrected chi connectivity index (χ1v) is 11.3. The van der Waals surface area contributed by atoms with Crippen LogP contribution in [0.4, 0.5) is 0 Å². The molecule has 0 amide bonds. The Morgan fingerprint density at radius 3 is 2.28 bits per heavy atom. The molecule has 0 radical (unpaired) electrons. The number of hydrogen-bond donors (Lipinski definition) is 2. The number of nitrogens with zero attached hydrogens (tertiary/aromatic N) is 2. The van der Waals surface area contributed by atoms with E-state index in [1.165, 1.54) is 24.0 Å². The summed E-state index contributed by atoms with van der Waals surface area (Å²) >= 11 is 0. The molecule has 6 nitrogen and oxygen atoms in total. The Morgan fingerprint density at radius 1 is 0.969 bits per heavy atom. The number of nitrogens with one attached hydrogen (secondary N) is 2. The highest BCUT2D eigenvalue weighted by atomic mass is 127. The third kappa shape index (κ3) is 7.64. The second kappa shape index (κ2) is 13.0. The minimum absolute atomic E-state index is 0. The van der Waals surface area contributed by atoms with E-state index in [2.05, 4.69) is 63.0 Å². The molecular formula is C25H35IN4O2. The summed E-state index contributed by atoms with van der Waals surface area (Å²) in [6, 6.07) is 16.9. The highest BCUT2D eigenvalue weighted by molar-refractivity contribution is 14.0. The number of para-hydroxylation sites is 1. The maximum Gasteiger partial charge on any atom is 0.191 e. The summed E-state index contributed by atoms with van der Waals surface area (Å²) in [7, 11) is 1.81. The van der Waals surface area contributed by atoms with E-state index in [0.717, 1.165) is 69.2 Å². The summed E-state index contributed by atoms with van der Waals surface area (Å²) in [4.78, 5) is 6.86. The molecule has 2 N–H and O–H groups in total. The van der Waals surface area contributed by atoms with Crippen molar-refractivity contribution >= 4 is 29.9 Å². The first-order valence-electron chi connectivity index (χ1n) is 11.3. The number of hydrogen-bond acceptors (Lipinski definition) is 4. The van der Waals surface area contributed by atoms with Crippen LogP contribution in [-0.4, -0.2) is 50.8 Å². The van der Waals surface area contributed by atoms with Gasteiger partial charge in [-0.05, 0) is 36.0 Å². The van der Waals surface area contributed by atoms with E-state index in [4.69, 9.17) is 9.47 Å². The van der Waals surface area contributed by atoms with Crippen molar-refractivity contribution < 1.29 is 9.47 Å². The first kappa shape index (κ1) is 24.8. The molecule has 1 saturated carbocycles. The lowest BCUT2D eigenvalue weighted by Gasteiger charge is -2.27. The molecule has 0 aromatic heterocycles. The second-order valence-electron chi connectivity index (χ2n) is 8.30. The molecule has 0 bridgehead atoms. The van der Waals surface area contributed by atoms with Crippen molar-refractivity contribution in [3.05, 3.63) is 65.2 Å². The lowest BCUT2D eigenvalue weighted by molar-refractivity contribution is 0.0341. The molecule has 2 aliphatic rings. The Balaban J connectivity index is 0.00000289. The number of halogens is 1. The van der Waals surface area contributed by atoms with Gasteiger partial charge in [0.05, 0.1) is 19.8 Å². The largest absolute Gasteiger partial charge is 0.493 e. The molecule has 0 spiro atoms. The van der Waals surface area contributed by atoms with E-state index in [1.807, 2.05) is 13.1 Å². The van der Waals surface area contributed by atoms with E-state index < -0.39 is 0 Å². The van der Waals surface area contributed by atoms with Crippen molar-refractivity contribution in [2.75, 3.05) is 40.0 Å². The highest BCUT2D eigenvalue weighted by Crippen LogP contribution is 2.30. The molecule has 32 heavy (non-hydrogen) atoms. The Morgan fingerprint density at radius 2 is 1.59 bits per heavy atom. The van der Waals surface area contributed by atoms with Gasteiger partial charge in [-0.15, -0.1) is 24.0 Å². The van der Waals surface area contributed by atoms with E-state index >= 15 is 0 Å². The van der Waals surface area contributed by atoms with Crippen molar-refractivity contribution in [2.45, 2.75) is 32.5 Å². The highest BCUT2D eigenvalue weighted by Gasteiger charge is 2.22. The fourth-order valence-electron chi connectivity index (χ4n) is 3.75. The number of rotatable bonds is 9. The van der Waals surface area contributed by atoms with Gasteiger partial charge >= 0.3 is 0 Å². The third-order valence-electron chi connectivity index (χ3n) is 5.88. The van der Waals surface area contributed by atoms with Crippen LogP contribution >= 0.6 is 24.0 Å². The molecular weight excluding hydrogens is 515 g/mol. The van der Waals surface area contributed by atoms with Crippen molar-refractivity contribution in [3.63, 3.8) is 0 Å². The van der Waals surface area contributed by atoms with Crippen LogP contribution in [0.2, 0.25) is 0 Å². The Kier molecular flexibility index (Phi) is 10.1. The van der Waals surface area contributed by atoms with Crippen molar-refractivity contribution in [1.82, 2.24) is 15.5 Å². The van der Waals surface area contributed by atoms with Crippen LogP contribution in [0.1, 0.15) is 29.5 Å². The zero-order chi connectivity index (χ0) is 21.3. The summed E-state index contributed by atoms with van der Waals surface area (Å²) in [5.41, 5.74) is 3.80. The fraction of sp³-hybridized carbons (Fsp3) is 0.480. The predicted octanol–water partition coefficient (Wildman–Crippen LogP) is 3.79. The molecule has 0 unspecified atom stereocenters. The number of morpholine rings is 1. The van der Waals surface area contributed by atoms with Gasteiger partial charge in [0.15, 0.2) is 5.96 Å². The number of guanidine groups is 1. The minimum Gasteiger partial charge on any atom is -0.493 e. The summed E-state index contributed by atoms with van der Waals surface area (Å²) in [6.45, 7) is 6.82. The van der Waals surface area contributed by atoms with Gasteiger partial charge < -0.3 is 20.1 Å². The standard InChI is InChI=1S/C25H34N4O2.HI/c1-26-25(28-17-22-7-4-5-9-24(22)31-19-20-10-11-20)27-16-21-6-2-3-8-23(21)18-29-12-14-30-15-13-29;/h2-9,20H,10-19H2,1H3,(H2,26,27,28);1H. The van der Waals surface area contributed by atoms with Crippen LogP contribution in [0, 0.1) is 5.92 Å². The molecule has 1 aliphatic heterocycles. The minimum atomic E-state index is 0. The van der Waals surface area contributed by atoms with Gasteiger partial charge in [0.2, 0.25) is 0 Å². The molecule has 7 heteroatoms. The SMILES string of the molecule is CN=C(NCc1ccccc1CN1CCOCC1)NCc1ccccc1OCC1CC1.I. The molecule has 0 atom stereocenters. The monoisotopic (exact) mass is 550 g/mol. The van der Waals surface area contributed by atoms with E-state index in [0.29, 0.717) is 6.54 Å². The van der Waals surface area contributed by atoms with Gasteiger partial charge in [0.25, 0.3) is 0 Å². The molecule has 1 saturated heterocycles. The van der Waals surface area contributed by atoms with E-state index in [-0.39, 0.29) is 24.0 Å². The zero-order valence-corrected chi connectivity index (χ0v) is 21.2. The summed E-state index contributed by atoms with van der Waals surface area (Å²) < 4.78 is 11.5. The normalized spacial score (nSPS) is 16.8. The van der Waals surface area contributed by atoms with Crippen molar-refractivity contribution in [1.29, 1.82) is 0 Å². The molecule has 174 valence electrons.